The summed E-state index contributed by atoms with van der Waals surface area (Å²) in [6.45, 7) is -0.552. The molecule has 0 aliphatic carbocycles. The van der Waals surface area contributed by atoms with E-state index in [2.05, 4.69) is 0 Å². The van der Waals surface area contributed by atoms with E-state index in [1.807, 2.05) is 0 Å². The summed E-state index contributed by atoms with van der Waals surface area (Å²) < 4.78 is 10.5. The van der Waals surface area contributed by atoms with Crippen molar-refractivity contribution in [1.29, 1.82) is 0 Å². The molecule has 116 valence electrons. The monoisotopic (exact) mass is 338 g/mol. The van der Waals surface area contributed by atoms with E-state index in [1.165, 1.54) is 14.2 Å². The number of ether oxygens (including phenoxy) is 2. The summed E-state index contributed by atoms with van der Waals surface area (Å²) in [5, 5.41) is 10.7. The van der Waals surface area contributed by atoms with Gasteiger partial charge in [-0.05, 0) is 23.8 Å². The van der Waals surface area contributed by atoms with Crippen LogP contribution < -0.4 is 14.6 Å². The molecule has 0 atom stereocenters. The zero-order valence-corrected chi connectivity index (χ0v) is 13.5. The van der Waals surface area contributed by atoms with Crippen molar-refractivity contribution in [2.75, 3.05) is 20.8 Å². The van der Waals surface area contributed by atoms with Crippen LogP contribution in [0.15, 0.2) is 23.1 Å². The van der Waals surface area contributed by atoms with Gasteiger partial charge >= 0.3 is 0 Å². The molecule has 1 aromatic carbocycles. The second-order valence-electron chi connectivity index (χ2n) is 4.29. The van der Waals surface area contributed by atoms with E-state index in [0.29, 0.717) is 22.0 Å². The Hall–Kier alpha value is -2.06. The molecule has 1 heterocycles. The molecule has 0 N–H and O–H groups in total. The molecule has 1 saturated heterocycles. The highest BCUT2D eigenvalue weighted by Gasteiger charge is 2.31. The number of methoxy groups -OCH3 is 2. The van der Waals surface area contributed by atoms with Crippen molar-refractivity contribution in [2.24, 2.45) is 0 Å². The van der Waals surface area contributed by atoms with E-state index < -0.39 is 18.4 Å². The molecular weight excluding hydrogens is 326 g/mol. The fraction of sp³-hybridized carbons (Fsp3) is 0.214. The SMILES string of the molecule is COc1cc(/C=C2\SC(=S)N(CC(=O)[O-])C2=O)cc(OC)c1. The highest BCUT2D eigenvalue weighted by atomic mass is 32.2. The number of carboxylic acid groups (broad SMARTS) is 1. The highest BCUT2D eigenvalue weighted by molar-refractivity contribution is 8.26. The maximum atomic E-state index is 12.2. The standard InChI is InChI=1S/C14H13NO5S2/c1-19-9-3-8(4-10(6-9)20-2)5-11-13(18)15(7-12(16)17)14(21)22-11/h3-6H,7H2,1-2H3,(H,16,17)/p-1/b11-5-. The average molecular weight is 338 g/mol. The van der Waals surface area contributed by atoms with Crippen LogP contribution in [0.4, 0.5) is 0 Å². The number of carbonyl (C=O) groups is 2. The van der Waals surface area contributed by atoms with Crippen LogP contribution in [0.5, 0.6) is 11.5 Å². The summed E-state index contributed by atoms with van der Waals surface area (Å²) in [5.41, 5.74) is 0.685. The van der Waals surface area contributed by atoms with E-state index in [-0.39, 0.29) is 4.32 Å². The molecule has 0 radical (unpaired) electrons. The van der Waals surface area contributed by atoms with Gasteiger partial charge in [-0.15, -0.1) is 0 Å². The van der Waals surface area contributed by atoms with Crippen molar-refractivity contribution >= 4 is 46.3 Å². The van der Waals surface area contributed by atoms with Crippen molar-refractivity contribution in [3.05, 3.63) is 28.7 Å². The molecule has 0 aromatic heterocycles. The summed E-state index contributed by atoms with van der Waals surface area (Å²) in [5.74, 6) is -0.659. The molecule has 0 bridgehead atoms. The highest BCUT2D eigenvalue weighted by Crippen LogP contribution is 2.33. The second-order valence-corrected chi connectivity index (χ2v) is 5.96. The number of amides is 1. The number of thioether (sulfide) groups is 1. The van der Waals surface area contributed by atoms with Gasteiger partial charge in [0.15, 0.2) is 0 Å². The van der Waals surface area contributed by atoms with Gasteiger partial charge in [-0.25, -0.2) is 0 Å². The van der Waals surface area contributed by atoms with Gasteiger partial charge in [-0.1, -0.05) is 24.0 Å². The van der Waals surface area contributed by atoms with Crippen molar-refractivity contribution in [3.63, 3.8) is 0 Å². The summed E-state index contributed by atoms with van der Waals surface area (Å²) in [6.07, 6.45) is 1.61. The quantitative estimate of drug-likeness (QED) is 0.576. The zero-order chi connectivity index (χ0) is 16.3. The topological polar surface area (TPSA) is 78.9 Å². The zero-order valence-electron chi connectivity index (χ0n) is 11.8. The van der Waals surface area contributed by atoms with Crippen molar-refractivity contribution < 1.29 is 24.2 Å². The van der Waals surface area contributed by atoms with Crippen LogP contribution >= 0.6 is 24.0 Å². The predicted molar refractivity (Wildman–Crippen MR) is 84.4 cm³/mol. The molecule has 1 aliphatic heterocycles. The molecule has 22 heavy (non-hydrogen) atoms. The first-order valence-corrected chi connectivity index (χ1v) is 7.35. The lowest BCUT2D eigenvalue weighted by atomic mass is 10.2. The molecule has 0 saturated carbocycles. The summed E-state index contributed by atoms with van der Waals surface area (Å²) in [4.78, 5) is 24.1. The van der Waals surface area contributed by atoms with Crippen molar-refractivity contribution in [3.8, 4) is 11.5 Å². The van der Waals surface area contributed by atoms with E-state index in [1.54, 1.807) is 24.3 Å². The van der Waals surface area contributed by atoms with E-state index in [0.717, 1.165) is 16.7 Å². The first kappa shape index (κ1) is 16.3. The lowest BCUT2D eigenvalue weighted by molar-refractivity contribution is -0.305. The predicted octanol–water partition coefficient (Wildman–Crippen LogP) is 0.655. The van der Waals surface area contributed by atoms with Gasteiger partial charge in [-0.2, -0.15) is 0 Å². The van der Waals surface area contributed by atoms with Gasteiger partial charge in [0.2, 0.25) is 0 Å². The number of aliphatic carboxylic acids is 1. The number of hydrogen-bond acceptors (Lipinski definition) is 7. The van der Waals surface area contributed by atoms with Crippen LogP contribution in [0.3, 0.4) is 0 Å². The number of rotatable bonds is 5. The van der Waals surface area contributed by atoms with Crippen LogP contribution in [-0.2, 0) is 9.59 Å². The van der Waals surface area contributed by atoms with Crippen LogP contribution in [0.1, 0.15) is 5.56 Å². The van der Waals surface area contributed by atoms with Gasteiger partial charge in [0.25, 0.3) is 5.91 Å². The van der Waals surface area contributed by atoms with Crippen LogP contribution in [0.2, 0.25) is 0 Å². The Balaban J connectivity index is 2.32. The minimum atomic E-state index is -1.36. The number of thiocarbonyl (C=S) groups is 1. The molecule has 2 rings (SSSR count). The molecule has 1 amide bonds. The number of benzene rings is 1. The molecule has 1 aromatic rings. The van der Waals surface area contributed by atoms with E-state index >= 15 is 0 Å². The third kappa shape index (κ3) is 3.58. The van der Waals surface area contributed by atoms with Crippen molar-refractivity contribution in [1.82, 2.24) is 4.90 Å². The first-order valence-electron chi connectivity index (χ1n) is 6.13. The Morgan fingerprint density at radius 3 is 2.41 bits per heavy atom. The molecule has 6 nitrogen and oxygen atoms in total. The lowest BCUT2D eigenvalue weighted by Gasteiger charge is -2.14. The maximum absolute atomic E-state index is 12.2. The van der Waals surface area contributed by atoms with Gasteiger partial charge in [0.1, 0.15) is 15.8 Å². The Bertz CT molecular complexity index is 649. The minimum absolute atomic E-state index is 0.190. The maximum Gasteiger partial charge on any atom is 0.266 e. The van der Waals surface area contributed by atoms with Crippen LogP contribution in [0, 0.1) is 0 Å². The minimum Gasteiger partial charge on any atom is -0.548 e. The number of nitrogens with zero attached hydrogens (tertiary/aromatic N) is 1. The van der Waals surface area contributed by atoms with Crippen molar-refractivity contribution in [2.45, 2.75) is 0 Å². The number of carboxylic acids is 1. The second kappa shape index (κ2) is 6.80. The van der Waals surface area contributed by atoms with Gasteiger partial charge in [-0.3, -0.25) is 9.69 Å². The Morgan fingerprint density at radius 1 is 1.32 bits per heavy atom. The summed E-state index contributed by atoms with van der Waals surface area (Å²) >= 11 is 6.05. The summed E-state index contributed by atoms with van der Waals surface area (Å²) in [6, 6.07) is 5.17. The molecule has 0 unspecified atom stereocenters. The first-order chi connectivity index (χ1) is 10.4. The Morgan fingerprint density at radius 2 is 1.91 bits per heavy atom. The van der Waals surface area contributed by atoms with E-state index in [4.69, 9.17) is 21.7 Å². The molecular formula is C14H12NO5S2-. The largest absolute Gasteiger partial charge is 0.548 e. The Kier molecular flexibility index (Phi) is 5.04. The number of hydrogen-bond donors (Lipinski definition) is 0. The van der Waals surface area contributed by atoms with Crippen LogP contribution in [0.25, 0.3) is 6.08 Å². The van der Waals surface area contributed by atoms with Crippen LogP contribution in [-0.4, -0.2) is 41.9 Å². The van der Waals surface area contributed by atoms with E-state index in [9.17, 15) is 14.7 Å². The smallest absolute Gasteiger partial charge is 0.266 e. The fourth-order valence-corrected chi connectivity index (χ4v) is 3.08. The molecule has 1 aliphatic rings. The normalized spacial score (nSPS) is 16.3. The molecule has 0 spiro atoms. The Labute approximate surface area is 136 Å². The third-order valence-electron chi connectivity index (χ3n) is 2.83. The summed E-state index contributed by atoms with van der Waals surface area (Å²) in [7, 11) is 3.05. The van der Waals surface area contributed by atoms with Gasteiger partial charge in [0.05, 0.1) is 31.6 Å². The number of carbonyl (C=O) groups excluding carboxylic acids is 2. The van der Waals surface area contributed by atoms with Gasteiger partial charge < -0.3 is 19.4 Å². The molecule has 8 heteroatoms. The third-order valence-corrected chi connectivity index (χ3v) is 4.21. The molecule has 1 fully saturated rings. The fourth-order valence-electron chi connectivity index (χ4n) is 1.83. The average Bonchev–Trinajstić information content (AvgIpc) is 2.74. The van der Waals surface area contributed by atoms with Gasteiger partial charge in [0, 0.05) is 6.07 Å². The lowest BCUT2D eigenvalue weighted by Crippen LogP contribution is -2.40.